The van der Waals surface area contributed by atoms with Crippen molar-refractivity contribution in [3.63, 3.8) is 0 Å². The molecule has 0 fully saturated rings. The number of oxazole rings is 1. The largest absolute Gasteiger partial charge is 0.464 e. The summed E-state index contributed by atoms with van der Waals surface area (Å²) >= 11 is 5.83. The molecule has 0 radical (unpaired) electrons. The number of anilines is 1. The standard InChI is InChI=1S/C16H18ClN3O5/c1-23-8-7-20(9-14-19-13(10-25-14)15(21)24-2)16(22)18-12-5-3-11(17)4-6-12/h3-6,10H,7-9H2,1-2H3,(H,18,22). The second-order valence-electron chi connectivity index (χ2n) is 4.97. The molecule has 1 heterocycles. The summed E-state index contributed by atoms with van der Waals surface area (Å²) in [6.45, 7) is 0.713. The lowest BCUT2D eigenvalue weighted by molar-refractivity contribution is 0.0594. The number of aromatic nitrogens is 1. The van der Waals surface area contributed by atoms with Crippen molar-refractivity contribution in [3.05, 3.63) is 47.1 Å². The van der Waals surface area contributed by atoms with E-state index in [0.29, 0.717) is 23.9 Å². The van der Waals surface area contributed by atoms with E-state index in [0.717, 1.165) is 0 Å². The third-order valence-corrected chi connectivity index (χ3v) is 3.47. The Balaban J connectivity index is 2.06. The summed E-state index contributed by atoms with van der Waals surface area (Å²) < 4.78 is 14.8. The van der Waals surface area contributed by atoms with Crippen LogP contribution in [0.5, 0.6) is 0 Å². The Labute approximate surface area is 149 Å². The van der Waals surface area contributed by atoms with Crippen molar-refractivity contribution in [1.29, 1.82) is 0 Å². The van der Waals surface area contributed by atoms with E-state index < -0.39 is 5.97 Å². The minimum absolute atomic E-state index is 0.0438. The van der Waals surface area contributed by atoms with Gasteiger partial charge in [0.1, 0.15) is 6.26 Å². The van der Waals surface area contributed by atoms with Crippen LogP contribution in [-0.2, 0) is 16.0 Å². The molecule has 0 spiro atoms. The highest BCUT2D eigenvalue weighted by Gasteiger charge is 2.19. The van der Waals surface area contributed by atoms with Gasteiger partial charge in [-0.2, -0.15) is 0 Å². The van der Waals surface area contributed by atoms with Crippen LogP contribution in [0.1, 0.15) is 16.4 Å². The molecule has 2 amide bonds. The number of methoxy groups -OCH3 is 2. The van der Waals surface area contributed by atoms with Crippen molar-refractivity contribution in [1.82, 2.24) is 9.88 Å². The average Bonchev–Trinajstić information content (AvgIpc) is 3.08. The average molecular weight is 368 g/mol. The second-order valence-corrected chi connectivity index (χ2v) is 5.41. The number of esters is 1. The Kier molecular flexibility index (Phi) is 6.79. The summed E-state index contributed by atoms with van der Waals surface area (Å²) in [4.78, 5) is 29.3. The summed E-state index contributed by atoms with van der Waals surface area (Å²) in [5, 5.41) is 3.32. The van der Waals surface area contributed by atoms with Gasteiger partial charge >= 0.3 is 12.0 Å². The lowest BCUT2D eigenvalue weighted by atomic mass is 10.3. The van der Waals surface area contributed by atoms with Gasteiger partial charge in [-0.15, -0.1) is 0 Å². The monoisotopic (exact) mass is 367 g/mol. The molecule has 0 saturated heterocycles. The van der Waals surface area contributed by atoms with Crippen LogP contribution in [0, 0.1) is 0 Å². The fraction of sp³-hybridized carbons (Fsp3) is 0.312. The molecular weight excluding hydrogens is 350 g/mol. The fourth-order valence-electron chi connectivity index (χ4n) is 1.93. The minimum atomic E-state index is -0.607. The maximum absolute atomic E-state index is 12.5. The summed E-state index contributed by atoms with van der Waals surface area (Å²) in [6, 6.07) is 6.36. The first-order chi connectivity index (χ1) is 12.0. The molecule has 0 unspecified atom stereocenters. The van der Waals surface area contributed by atoms with Crippen molar-refractivity contribution in [2.45, 2.75) is 6.54 Å². The van der Waals surface area contributed by atoms with E-state index >= 15 is 0 Å². The summed E-state index contributed by atoms with van der Waals surface area (Å²) in [5.41, 5.74) is 0.641. The van der Waals surface area contributed by atoms with Gasteiger partial charge in [0.25, 0.3) is 0 Å². The van der Waals surface area contributed by atoms with Crippen LogP contribution in [0.4, 0.5) is 10.5 Å². The molecule has 1 aromatic heterocycles. The highest BCUT2D eigenvalue weighted by Crippen LogP contribution is 2.15. The van der Waals surface area contributed by atoms with Gasteiger partial charge in [-0.1, -0.05) is 11.6 Å². The van der Waals surface area contributed by atoms with E-state index in [9.17, 15) is 9.59 Å². The van der Waals surface area contributed by atoms with Crippen LogP contribution in [0.2, 0.25) is 5.02 Å². The van der Waals surface area contributed by atoms with Crippen molar-refractivity contribution >= 4 is 29.3 Å². The van der Waals surface area contributed by atoms with Crippen LogP contribution in [-0.4, -0.2) is 49.3 Å². The van der Waals surface area contributed by atoms with Gasteiger partial charge in [-0.25, -0.2) is 14.6 Å². The molecule has 0 bridgehead atoms. The molecular formula is C16H18ClN3O5. The Morgan fingerprint density at radius 1 is 1.28 bits per heavy atom. The van der Waals surface area contributed by atoms with Crippen LogP contribution in [0.25, 0.3) is 0 Å². The van der Waals surface area contributed by atoms with Gasteiger partial charge in [0, 0.05) is 24.4 Å². The minimum Gasteiger partial charge on any atom is -0.464 e. The van der Waals surface area contributed by atoms with Gasteiger partial charge in [-0.05, 0) is 24.3 Å². The number of ether oxygens (including phenoxy) is 2. The maximum atomic E-state index is 12.5. The number of hydrogen-bond donors (Lipinski definition) is 1. The van der Waals surface area contributed by atoms with E-state index in [1.165, 1.54) is 25.4 Å². The van der Waals surface area contributed by atoms with E-state index in [4.69, 9.17) is 20.8 Å². The molecule has 0 aliphatic heterocycles. The summed E-state index contributed by atoms with van der Waals surface area (Å²) in [6.07, 6.45) is 1.19. The number of urea groups is 1. The number of amides is 2. The molecule has 1 aromatic carbocycles. The third kappa shape index (κ3) is 5.47. The number of carbonyl (C=O) groups excluding carboxylic acids is 2. The molecule has 8 nitrogen and oxygen atoms in total. The molecule has 0 aliphatic rings. The van der Waals surface area contributed by atoms with Crippen molar-refractivity contribution in [2.75, 3.05) is 32.7 Å². The molecule has 2 rings (SSSR count). The molecule has 1 N–H and O–H groups in total. The number of rotatable bonds is 7. The zero-order valence-electron chi connectivity index (χ0n) is 13.8. The number of benzene rings is 1. The fourth-order valence-corrected chi connectivity index (χ4v) is 2.06. The number of nitrogens with zero attached hydrogens (tertiary/aromatic N) is 2. The number of carbonyl (C=O) groups is 2. The number of hydrogen-bond acceptors (Lipinski definition) is 6. The van der Waals surface area contributed by atoms with E-state index in [1.54, 1.807) is 24.3 Å². The molecule has 0 atom stereocenters. The number of halogens is 1. The normalized spacial score (nSPS) is 10.4. The van der Waals surface area contributed by atoms with Gasteiger partial charge in [-0.3, -0.25) is 0 Å². The van der Waals surface area contributed by atoms with Crippen LogP contribution < -0.4 is 5.32 Å². The molecule has 9 heteroatoms. The van der Waals surface area contributed by atoms with Crippen LogP contribution in [0.15, 0.2) is 34.9 Å². The Hall–Kier alpha value is -2.58. The van der Waals surface area contributed by atoms with Gasteiger partial charge in [0.15, 0.2) is 5.69 Å². The molecule has 25 heavy (non-hydrogen) atoms. The predicted octanol–water partition coefficient (Wildman–Crippen LogP) is 2.80. The smallest absolute Gasteiger partial charge is 0.360 e. The predicted molar refractivity (Wildman–Crippen MR) is 90.6 cm³/mol. The second kappa shape index (κ2) is 9.05. The highest BCUT2D eigenvalue weighted by molar-refractivity contribution is 6.30. The van der Waals surface area contributed by atoms with E-state index in [1.807, 2.05) is 0 Å². The lowest BCUT2D eigenvalue weighted by Gasteiger charge is -2.21. The lowest BCUT2D eigenvalue weighted by Crippen LogP contribution is -2.37. The topological polar surface area (TPSA) is 93.9 Å². The van der Waals surface area contributed by atoms with Gasteiger partial charge in [0.05, 0.1) is 20.3 Å². The Bertz CT molecular complexity index is 717. The number of nitrogens with one attached hydrogen (secondary N) is 1. The van der Waals surface area contributed by atoms with Crippen LogP contribution in [0.3, 0.4) is 0 Å². The van der Waals surface area contributed by atoms with E-state index in [-0.39, 0.29) is 24.2 Å². The van der Waals surface area contributed by atoms with Gasteiger partial charge < -0.3 is 24.1 Å². The third-order valence-electron chi connectivity index (χ3n) is 3.22. The van der Waals surface area contributed by atoms with Crippen molar-refractivity contribution < 1.29 is 23.5 Å². The molecule has 2 aromatic rings. The highest BCUT2D eigenvalue weighted by atomic mass is 35.5. The summed E-state index contributed by atoms with van der Waals surface area (Å²) in [5.74, 6) is -0.396. The first kappa shape index (κ1) is 18.8. The quantitative estimate of drug-likeness (QED) is 0.756. The van der Waals surface area contributed by atoms with Crippen LogP contribution >= 0.6 is 11.6 Å². The van der Waals surface area contributed by atoms with Crippen molar-refractivity contribution in [3.8, 4) is 0 Å². The molecule has 0 aliphatic carbocycles. The summed E-state index contributed by atoms with van der Waals surface area (Å²) in [7, 11) is 2.79. The molecule has 0 saturated carbocycles. The van der Waals surface area contributed by atoms with Gasteiger partial charge in [0.2, 0.25) is 5.89 Å². The Morgan fingerprint density at radius 2 is 2.00 bits per heavy atom. The van der Waals surface area contributed by atoms with Crippen molar-refractivity contribution in [2.24, 2.45) is 0 Å². The maximum Gasteiger partial charge on any atom is 0.360 e. The SMILES string of the molecule is COCCN(Cc1nc(C(=O)OC)co1)C(=O)Nc1ccc(Cl)cc1. The Morgan fingerprint density at radius 3 is 2.64 bits per heavy atom. The zero-order valence-corrected chi connectivity index (χ0v) is 14.6. The first-order valence-electron chi connectivity index (χ1n) is 7.36. The molecule has 134 valence electrons. The zero-order chi connectivity index (χ0) is 18.2. The first-order valence-corrected chi connectivity index (χ1v) is 7.74. The van der Waals surface area contributed by atoms with E-state index in [2.05, 4.69) is 15.0 Å².